The summed E-state index contributed by atoms with van der Waals surface area (Å²) in [5.74, 6) is 1.59. The molecule has 0 aliphatic carbocycles. The SMILES string of the molecule is COc1ccc(OC)c(Nc2ccc(NS(C)(=O)=O)nc2)c1. The van der Waals surface area contributed by atoms with Gasteiger partial charge in [0.25, 0.3) is 0 Å². The van der Waals surface area contributed by atoms with Gasteiger partial charge in [0.1, 0.15) is 17.3 Å². The van der Waals surface area contributed by atoms with Crippen molar-refractivity contribution in [2.24, 2.45) is 0 Å². The maximum Gasteiger partial charge on any atom is 0.230 e. The molecule has 1 aromatic heterocycles. The first-order valence-corrected chi connectivity index (χ1v) is 8.23. The van der Waals surface area contributed by atoms with Crippen LogP contribution in [0.15, 0.2) is 36.5 Å². The van der Waals surface area contributed by atoms with E-state index >= 15 is 0 Å². The average molecular weight is 323 g/mol. The molecule has 0 spiro atoms. The molecule has 0 radical (unpaired) electrons. The van der Waals surface area contributed by atoms with E-state index in [0.717, 1.165) is 6.26 Å². The Bertz CT molecular complexity index is 745. The molecule has 2 rings (SSSR count). The number of rotatable bonds is 6. The van der Waals surface area contributed by atoms with Gasteiger partial charge in [0.15, 0.2) is 0 Å². The van der Waals surface area contributed by atoms with Crippen LogP contribution in [0.2, 0.25) is 0 Å². The van der Waals surface area contributed by atoms with Gasteiger partial charge in [0, 0.05) is 6.07 Å². The smallest absolute Gasteiger partial charge is 0.230 e. The summed E-state index contributed by atoms with van der Waals surface area (Å²) in [4.78, 5) is 4.03. The highest BCUT2D eigenvalue weighted by Gasteiger charge is 2.07. The summed E-state index contributed by atoms with van der Waals surface area (Å²) in [6, 6.07) is 8.65. The largest absolute Gasteiger partial charge is 0.497 e. The minimum atomic E-state index is -3.34. The van der Waals surface area contributed by atoms with Crippen molar-refractivity contribution in [3.05, 3.63) is 36.5 Å². The summed E-state index contributed by atoms with van der Waals surface area (Å²) >= 11 is 0. The van der Waals surface area contributed by atoms with E-state index in [9.17, 15) is 8.42 Å². The minimum absolute atomic E-state index is 0.255. The fraction of sp³-hybridized carbons (Fsp3) is 0.214. The molecule has 0 saturated carbocycles. The van der Waals surface area contributed by atoms with Crippen LogP contribution in [0.4, 0.5) is 17.2 Å². The van der Waals surface area contributed by atoms with E-state index in [-0.39, 0.29) is 5.82 Å². The van der Waals surface area contributed by atoms with Crippen LogP contribution in [-0.2, 0) is 10.0 Å². The molecule has 0 unspecified atom stereocenters. The molecule has 118 valence electrons. The number of sulfonamides is 1. The Labute approximate surface area is 129 Å². The number of anilines is 3. The molecule has 0 bridgehead atoms. The monoisotopic (exact) mass is 323 g/mol. The van der Waals surface area contributed by atoms with E-state index in [0.29, 0.717) is 22.9 Å². The number of hydrogen-bond donors (Lipinski definition) is 2. The van der Waals surface area contributed by atoms with Crippen molar-refractivity contribution in [1.82, 2.24) is 4.98 Å². The van der Waals surface area contributed by atoms with Gasteiger partial charge in [0.2, 0.25) is 10.0 Å². The second-order valence-electron chi connectivity index (χ2n) is 4.50. The van der Waals surface area contributed by atoms with Crippen molar-refractivity contribution >= 4 is 27.2 Å². The number of nitrogens with zero attached hydrogens (tertiary/aromatic N) is 1. The van der Waals surface area contributed by atoms with Crippen molar-refractivity contribution in [2.75, 3.05) is 30.5 Å². The lowest BCUT2D eigenvalue weighted by atomic mass is 10.2. The third kappa shape index (κ3) is 4.26. The highest BCUT2D eigenvalue weighted by molar-refractivity contribution is 7.92. The van der Waals surface area contributed by atoms with Crippen molar-refractivity contribution in [3.63, 3.8) is 0 Å². The van der Waals surface area contributed by atoms with Crippen LogP contribution in [-0.4, -0.2) is 33.9 Å². The summed E-state index contributed by atoms with van der Waals surface area (Å²) in [6.45, 7) is 0. The molecule has 22 heavy (non-hydrogen) atoms. The van der Waals surface area contributed by atoms with Gasteiger partial charge in [-0.25, -0.2) is 13.4 Å². The number of hydrogen-bond acceptors (Lipinski definition) is 6. The Balaban J connectivity index is 2.20. The minimum Gasteiger partial charge on any atom is -0.497 e. The average Bonchev–Trinajstić information content (AvgIpc) is 2.47. The summed E-state index contributed by atoms with van der Waals surface area (Å²) in [5.41, 5.74) is 1.40. The first-order chi connectivity index (χ1) is 10.4. The molecule has 8 heteroatoms. The van der Waals surface area contributed by atoms with Crippen molar-refractivity contribution < 1.29 is 17.9 Å². The normalized spacial score (nSPS) is 10.9. The van der Waals surface area contributed by atoms with Gasteiger partial charge in [-0.15, -0.1) is 0 Å². The van der Waals surface area contributed by atoms with Gasteiger partial charge in [-0.1, -0.05) is 0 Å². The van der Waals surface area contributed by atoms with E-state index in [1.54, 1.807) is 44.6 Å². The molecule has 0 amide bonds. The summed E-state index contributed by atoms with van der Waals surface area (Å²) < 4.78 is 35.0. The van der Waals surface area contributed by atoms with E-state index < -0.39 is 10.0 Å². The summed E-state index contributed by atoms with van der Waals surface area (Å²) in [7, 11) is -0.182. The zero-order chi connectivity index (χ0) is 16.2. The third-order valence-electron chi connectivity index (χ3n) is 2.74. The summed E-state index contributed by atoms with van der Waals surface area (Å²) in [5, 5.41) is 3.14. The van der Waals surface area contributed by atoms with Crippen LogP contribution >= 0.6 is 0 Å². The molecule has 7 nitrogen and oxygen atoms in total. The Morgan fingerprint density at radius 3 is 2.41 bits per heavy atom. The first-order valence-electron chi connectivity index (χ1n) is 6.34. The molecule has 0 aliphatic heterocycles. The molecule has 1 heterocycles. The lowest BCUT2D eigenvalue weighted by molar-refractivity contribution is 0.405. The second kappa shape index (κ2) is 6.52. The summed E-state index contributed by atoms with van der Waals surface area (Å²) in [6.07, 6.45) is 2.59. The zero-order valence-corrected chi connectivity index (χ0v) is 13.3. The number of ether oxygens (including phenoxy) is 2. The molecular weight excluding hydrogens is 306 g/mol. The Morgan fingerprint density at radius 1 is 1.09 bits per heavy atom. The molecule has 0 saturated heterocycles. The Morgan fingerprint density at radius 2 is 1.86 bits per heavy atom. The molecular formula is C14H17N3O4S. The number of benzene rings is 1. The zero-order valence-electron chi connectivity index (χ0n) is 12.5. The lowest BCUT2D eigenvalue weighted by Crippen LogP contribution is -2.10. The van der Waals surface area contributed by atoms with Gasteiger partial charge < -0.3 is 14.8 Å². The number of aromatic nitrogens is 1. The van der Waals surface area contributed by atoms with E-state index in [1.165, 1.54) is 6.20 Å². The maximum absolute atomic E-state index is 11.1. The molecule has 2 N–H and O–H groups in total. The quantitative estimate of drug-likeness (QED) is 0.847. The van der Waals surface area contributed by atoms with E-state index in [2.05, 4.69) is 15.0 Å². The van der Waals surface area contributed by atoms with Gasteiger partial charge >= 0.3 is 0 Å². The highest BCUT2D eigenvalue weighted by Crippen LogP contribution is 2.31. The Hall–Kier alpha value is -2.48. The number of methoxy groups -OCH3 is 2. The van der Waals surface area contributed by atoms with Crippen LogP contribution < -0.4 is 19.5 Å². The predicted octanol–water partition coefficient (Wildman–Crippen LogP) is 2.21. The molecule has 0 atom stereocenters. The van der Waals surface area contributed by atoms with E-state index in [4.69, 9.17) is 9.47 Å². The standard InChI is InChI=1S/C14H17N3O4S/c1-20-11-5-6-13(21-2)12(8-11)16-10-4-7-14(15-9-10)17-22(3,18)19/h4-9,16H,1-3H3,(H,15,17). The van der Waals surface area contributed by atoms with Gasteiger partial charge in [-0.3, -0.25) is 4.72 Å². The van der Waals surface area contributed by atoms with Crippen molar-refractivity contribution in [2.45, 2.75) is 0 Å². The molecule has 0 aliphatic rings. The third-order valence-corrected chi connectivity index (χ3v) is 3.32. The maximum atomic E-state index is 11.1. The van der Waals surface area contributed by atoms with Gasteiger partial charge in [-0.2, -0.15) is 0 Å². The predicted molar refractivity (Wildman–Crippen MR) is 85.5 cm³/mol. The fourth-order valence-corrected chi connectivity index (χ4v) is 2.29. The van der Waals surface area contributed by atoms with Crippen LogP contribution in [0.1, 0.15) is 0 Å². The van der Waals surface area contributed by atoms with Gasteiger partial charge in [0.05, 0.1) is 38.0 Å². The van der Waals surface area contributed by atoms with E-state index in [1.807, 2.05) is 0 Å². The van der Waals surface area contributed by atoms with Crippen molar-refractivity contribution in [3.8, 4) is 11.5 Å². The van der Waals surface area contributed by atoms with Crippen LogP contribution in [0.3, 0.4) is 0 Å². The molecule has 1 aromatic carbocycles. The highest BCUT2D eigenvalue weighted by atomic mass is 32.2. The molecule has 0 fully saturated rings. The van der Waals surface area contributed by atoms with Crippen LogP contribution in [0, 0.1) is 0 Å². The van der Waals surface area contributed by atoms with Gasteiger partial charge in [-0.05, 0) is 24.3 Å². The topological polar surface area (TPSA) is 89.5 Å². The van der Waals surface area contributed by atoms with Crippen LogP contribution in [0.25, 0.3) is 0 Å². The Kier molecular flexibility index (Phi) is 4.71. The number of pyridine rings is 1. The van der Waals surface area contributed by atoms with Crippen LogP contribution in [0.5, 0.6) is 11.5 Å². The fourth-order valence-electron chi connectivity index (χ4n) is 1.79. The lowest BCUT2D eigenvalue weighted by Gasteiger charge is -2.12. The first kappa shape index (κ1) is 15.9. The molecule has 2 aromatic rings. The number of nitrogens with one attached hydrogen (secondary N) is 2. The second-order valence-corrected chi connectivity index (χ2v) is 6.25. The van der Waals surface area contributed by atoms with Crippen molar-refractivity contribution in [1.29, 1.82) is 0 Å².